The maximum atomic E-state index is 12.2. The summed E-state index contributed by atoms with van der Waals surface area (Å²) < 4.78 is 5.16. The van der Waals surface area contributed by atoms with Crippen molar-refractivity contribution in [2.24, 2.45) is 0 Å². The fraction of sp³-hybridized carbons (Fsp3) is 0.261. The lowest BCUT2D eigenvalue weighted by Gasteiger charge is -2.10. The van der Waals surface area contributed by atoms with Crippen molar-refractivity contribution in [3.63, 3.8) is 0 Å². The van der Waals surface area contributed by atoms with Crippen LogP contribution in [-0.4, -0.2) is 22.5 Å². The highest BCUT2D eigenvalue weighted by Crippen LogP contribution is 2.26. The molecule has 0 aliphatic rings. The second kappa shape index (κ2) is 10.1. The summed E-state index contributed by atoms with van der Waals surface area (Å²) in [4.78, 5) is 31.3. The zero-order chi connectivity index (χ0) is 20.6. The van der Waals surface area contributed by atoms with Crippen LogP contribution in [0.4, 0.5) is 0 Å². The summed E-state index contributed by atoms with van der Waals surface area (Å²) in [5, 5.41) is 0.637. The van der Waals surface area contributed by atoms with E-state index in [1.807, 2.05) is 42.5 Å². The van der Waals surface area contributed by atoms with Crippen LogP contribution in [-0.2, 0) is 16.9 Å². The standard InChI is InChI=1S/C23H24N2O3S/c1-3-7-18-14-21(26)25-23(24-18)29-15-16-10-12-17(13-11-16)19-8-5-6-9-20(19)22(27)28-4-2/h5-6,8-14H,3-4,7,15H2,1-2H3,(H,24,25,26). The summed E-state index contributed by atoms with van der Waals surface area (Å²) >= 11 is 1.50. The average Bonchev–Trinajstić information content (AvgIpc) is 2.73. The van der Waals surface area contributed by atoms with Crippen LogP contribution in [0.2, 0.25) is 0 Å². The Hall–Kier alpha value is -2.86. The summed E-state index contributed by atoms with van der Waals surface area (Å²) in [6, 6.07) is 17.1. The van der Waals surface area contributed by atoms with E-state index in [-0.39, 0.29) is 11.5 Å². The van der Waals surface area contributed by atoms with Crippen LogP contribution in [0.5, 0.6) is 0 Å². The third-order valence-electron chi connectivity index (χ3n) is 4.34. The smallest absolute Gasteiger partial charge is 0.338 e. The molecule has 0 aliphatic carbocycles. The Morgan fingerprint density at radius 1 is 1.10 bits per heavy atom. The summed E-state index contributed by atoms with van der Waals surface area (Å²) in [5.74, 6) is 0.378. The molecule has 0 saturated heterocycles. The largest absolute Gasteiger partial charge is 0.462 e. The van der Waals surface area contributed by atoms with Gasteiger partial charge in [0.1, 0.15) is 0 Å². The number of aryl methyl sites for hydroxylation is 1. The number of esters is 1. The minimum atomic E-state index is -0.315. The molecule has 2 aromatic carbocycles. The van der Waals surface area contributed by atoms with Gasteiger partial charge in [-0.3, -0.25) is 4.79 Å². The molecule has 0 radical (unpaired) electrons. The van der Waals surface area contributed by atoms with Crippen molar-refractivity contribution in [2.45, 2.75) is 37.6 Å². The number of H-pyrrole nitrogens is 1. The van der Waals surface area contributed by atoms with Gasteiger partial charge < -0.3 is 9.72 Å². The van der Waals surface area contributed by atoms with Crippen molar-refractivity contribution in [1.82, 2.24) is 9.97 Å². The lowest BCUT2D eigenvalue weighted by molar-refractivity contribution is 0.0527. The first-order valence-corrected chi connectivity index (χ1v) is 10.7. The number of thioether (sulfide) groups is 1. The SMILES string of the molecule is CCCc1cc(=O)[nH]c(SCc2ccc(-c3ccccc3C(=O)OCC)cc2)n1. The van der Waals surface area contributed by atoms with Crippen LogP contribution >= 0.6 is 11.8 Å². The predicted octanol–water partition coefficient (Wildman–Crippen LogP) is 4.86. The number of carbonyl (C=O) groups is 1. The highest BCUT2D eigenvalue weighted by molar-refractivity contribution is 7.98. The molecule has 150 valence electrons. The number of nitrogens with one attached hydrogen (secondary N) is 1. The first kappa shape index (κ1) is 20.9. The van der Waals surface area contributed by atoms with Crippen LogP contribution in [0.15, 0.2) is 64.5 Å². The van der Waals surface area contributed by atoms with Gasteiger partial charge in [0.2, 0.25) is 0 Å². The van der Waals surface area contributed by atoms with Gasteiger partial charge in [-0.2, -0.15) is 0 Å². The maximum absolute atomic E-state index is 12.2. The molecule has 0 fully saturated rings. The van der Waals surface area contributed by atoms with Crippen LogP contribution < -0.4 is 5.56 Å². The Morgan fingerprint density at radius 2 is 1.86 bits per heavy atom. The number of hydrogen-bond acceptors (Lipinski definition) is 5. The second-order valence-electron chi connectivity index (χ2n) is 6.54. The summed E-state index contributed by atoms with van der Waals surface area (Å²) in [6.45, 7) is 4.21. The molecule has 0 spiro atoms. The topological polar surface area (TPSA) is 72.0 Å². The Labute approximate surface area is 174 Å². The van der Waals surface area contributed by atoms with Crippen molar-refractivity contribution < 1.29 is 9.53 Å². The van der Waals surface area contributed by atoms with E-state index in [0.717, 1.165) is 35.2 Å². The molecule has 29 heavy (non-hydrogen) atoms. The Morgan fingerprint density at radius 3 is 2.59 bits per heavy atom. The van der Waals surface area contributed by atoms with Crippen LogP contribution in [0.25, 0.3) is 11.1 Å². The molecule has 1 N–H and O–H groups in total. The highest BCUT2D eigenvalue weighted by Gasteiger charge is 2.13. The van der Waals surface area contributed by atoms with Gasteiger partial charge in [0.05, 0.1) is 12.2 Å². The third-order valence-corrected chi connectivity index (χ3v) is 5.29. The average molecular weight is 409 g/mol. The van der Waals surface area contributed by atoms with Crippen molar-refractivity contribution in [2.75, 3.05) is 6.61 Å². The van der Waals surface area contributed by atoms with E-state index in [1.165, 1.54) is 11.8 Å². The third kappa shape index (κ3) is 5.57. The van der Waals surface area contributed by atoms with E-state index >= 15 is 0 Å². The van der Waals surface area contributed by atoms with Crippen LogP contribution in [0.3, 0.4) is 0 Å². The van der Waals surface area contributed by atoms with Gasteiger partial charge in [-0.1, -0.05) is 67.6 Å². The second-order valence-corrected chi connectivity index (χ2v) is 7.51. The Bertz CT molecular complexity index is 1030. The Kier molecular flexibility index (Phi) is 7.25. The molecule has 6 heteroatoms. The zero-order valence-corrected chi connectivity index (χ0v) is 17.4. The van der Waals surface area contributed by atoms with Gasteiger partial charge in [0.25, 0.3) is 5.56 Å². The van der Waals surface area contributed by atoms with Gasteiger partial charge >= 0.3 is 5.97 Å². The molecule has 5 nitrogen and oxygen atoms in total. The fourth-order valence-corrected chi connectivity index (χ4v) is 3.84. The number of aromatic nitrogens is 2. The summed E-state index contributed by atoms with van der Waals surface area (Å²) in [5.41, 5.74) is 4.19. The van der Waals surface area contributed by atoms with E-state index in [4.69, 9.17) is 4.74 Å². The van der Waals surface area contributed by atoms with Crippen LogP contribution in [0, 0.1) is 0 Å². The molecule has 1 aromatic heterocycles. The van der Waals surface area contributed by atoms with E-state index in [0.29, 0.717) is 23.1 Å². The number of nitrogens with zero attached hydrogens (tertiary/aromatic N) is 1. The molecule has 0 bridgehead atoms. The van der Waals surface area contributed by atoms with E-state index in [2.05, 4.69) is 16.9 Å². The van der Waals surface area contributed by atoms with Crippen molar-refractivity contribution in [1.29, 1.82) is 0 Å². The normalized spacial score (nSPS) is 10.7. The molecule has 3 aromatic rings. The minimum Gasteiger partial charge on any atom is -0.462 e. The monoisotopic (exact) mass is 408 g/mol. The van der Waals surface area contributed by atoms with Gasteiger partial charge in [-0.15, -0.1) is 0 Å². The molecule has 3 rings (SSSR count). The number of benzene rings is 2. The number of ether oxygens (including phenoxy) is 1. The van der Waals surface area contributed by atoms with Gasteiger partial charge in [0, 0.05) is 17.5 Å². The summed E-state index contributed by atoms with van der Waals surface area (Å²) in [6.07, 6.45) is 1.75. The number of hydrogen-bond donors (Lipinski definition) is 1. The zero-order valence-electron chi connectivity index (χ0n) is 16.6. The molecular formula is C23H24N2O3S. The van der Waals surface area contributed by atoms with Gasteiger partial charge in [0.15, 0.2) is 5.16 Å². The van der Waals surface area contributed by atoms with E-state index < -0.39 is 0 Å². The van der Waals surface area contributed by atoms with E-state index in [9.17, 15) is 9.59 Å². The molecule has 0 amide bonds. The summed E-state index contributed by atoms with van der Waals surface area (Å²) in [7, 11) is 0. The first-order valence-electron chi connectivity index (χ1n) is 9.69. The van der Waals surface area contributed by atoms with E-state index in [1.54, 1.807) is 19.1 Å². The number of aromatic amines is 1. The van der Waals surface area contributed by atoms with Crippen molar-refractivity contribution in [3.05, 3.63) is 81.8 Å². The molecule has 0 saturated carbocycles. The van der Waals surface area contributed by atoms with Crippen molar-refractivity contribution in [3.8, 4) is 11.1 Å². The van der Waals surface area contributed by atoms with Gasteiger partial charge in [-0.05, 0) is 36.1 Å². The lowest BCUT2D eigenvalue weighted by Crippen LogP contribution is -2.09. The minimum absolute atomic E-state index is 0.114. The molecule has 0 unspecified atom stereocenters. The van der Waals surface area contributed by atoms with Crippen LogP contribution in [0.1, 0.15) is 41.9 Å². The van der Waals surface area contributed by atoms with Gasteiger partial charge in [-0.25, -0.2) is 9.78 Å². The first-order chi connectivity index (χ1) is 14.1. The predicted molar refractivity (Wildman–Crippen MR) is 116 cm³/mol. The molecule has 0 aliphatic heterocycles. The van der Waals surface area contributed by atoms with Crippen molar-refractivity contribution >= 4 is 17.7 Å². The lowest BCUT2D eigenvalue weighted by atomic mass is 9.99. The Balaban J connectivity index is 1.73. The molecular weight excluding hydrogens is 384 g/mol. The highest BCUT2D eigenvalue weighted by atomic mass is 32.2. The number of rotatable bonds is 8. The molecule has 1 heterocycles. The quantitative estimate of drug-likeness (QED) is 0.327. The maximum Gasteiger partial charge on any atom is 0.338 e. The molecule has 0 atom stereocenters. The fourth-order valence-electron chi connectivity index (χ4n) is 2.99. The number of carbonyl (C=O) groups excluding carboxylic acids is 1.